The molecule has 5 aromatic rings. The highest BCUT2D eigenvalue weighted by Crippen LogP contribution is 2.44. The molecule has 0 unspecified atom stereocenters. The summed E-state index contributed by atoms with van der Waals surface area (Å²) in [6, 6.07) is 32.6. The number of unbranched alkanes of at least 4 members (excludes halogenated alkanes) is 6. The minimum absolute atomic E-state index is 0.653. The van der Waals surface area contributed by atoms with E-state index in [1.165, 1.54) is 25.7 Å². The van der Waals surface area contributed by atoms with Crippen molar-refractivity contribution in [1.82, 2.24) is 0 Å². The highest BCUT2D eigenvalue weighted by atomic mass is 16.5. The van der Waals surface area contributed by atoms with E-state index < -0.39 is 0 Å². The molecule has 0 heterocycles. The summed E-state index contributed by atoms with van der Waals surface area (Å²) in [5, 5.41) is 22.5. The minimum atomic E-state index is 0.653. The van der Waals surface area contributed by atoms with Gasteiger partial charge in [0.25, 0.3) is 0 Å². The number of hydrogen-bond donors (Lipinski definition) is 0. The van der Waals surface area contributed by atoms with Crippen molar-refractivity contribution in [2.45, 2.75) is 65.2 Å². The van der Waals surface area contributed by atoms with Crippen molar-refractivity contribution in [2.75, 3.05) is 13.2 Å². The predicted molar refractivity (Wildman–Crippen MR) is 201 cm³/mol. The van der Waals surface area contributed by atoms with E-state index in [2.05, 4.69) is 86.7 Å². The van der Waals surface area contributed by atoms with Crippen LogP contribution in [0.1, 0.15) is 98.6 Å². The molecular formula is C44H44N2O2. The third kappa shape index (κ3) is 8.93. The smallest absolute Gasteiger partial charge is 0.135 e. The van der Waals surface area contributed by atoms with Crippen LogP contribution in [-0.4, -0.2) is 13.2 Å². The topological polar surface area (TPSA) is 66.0 Å². The van der Waals surface area contributed by atoms with Crippen LogP contribution >= 0.6 is 0 Å². The molecule has 4 heteroatoms. The maximum Gasteiger partial charge on any atom is 0.135 e. The van der Waals surface area contributed by atoms with E-state index in [0.717, 1.165) is 81.0 Å². The minimum Gasteiger partial charge on any atom is -0.492 e. The van der Waals surface area contributed by atoms with Gasteiger partial charge >= 0.3 is 0 Å². The molecule has 0 spiro atoms. The number of rotatable bonds is 16. The van der Waals surface area contributed by atoms with Gasteiger partial charge in [0.1, 0.15) is 11.5 Å². The molecule has 0 saturated carbocycles. The van der Waals surface area contributed by atoms with Crippen LogP contribution in [-0.2, 0) is 0 Å². The molecule has 4 nitrogen and oxygen atoms in total. The molecule has 0 N–H and O–H groups in total. The van der Waals surface area contributed by atoms with Crippen LogP contribution in [0.25, 0.3) is 45.8 Å². The summed E-state index contributed by atoms with van der Waals surface area (Å²) in [6.07, 6.45) is 17.5. The Bertz CT molecular complexity index is 1810. The third-order valence-electron chi connectivity index (χ3n) is 8.57. The summed E-state index contributed by atoms with van der Waals surface area (Å²) in [4.78, 5) is 0. The Morgan fingerprint density at radius 1 is 0.458 bits per heavy atom. The molecule has 0 aliphatic rings. The van der Waals surface area contributed by atoms with E-state index in [1.807, 2.05) is 48.5 Å². The fourth-order valence-corrected chi connectivity index (χ4v) is 5.83. The van der Waals surface area contributed by atoms with Crippen LogP contribution < -0.4 is 9.47 Å². The fraction of sp³-hybridized carbons (Fsp3) is 0.273. The van der Waals surface area contributed by atoms with Crippen molar-refractivity contribution in [2.24, 2.45) is 0 Å². The molecule has 0 saturated heterocycles. The van der Waals surface area contributed by atoms with Gasteiger partial charge in [0.2, 0.25) is 0 Å². The molecule has 5 rings (SSSR count). The predicted octanol–water partition coefficient (Wildman–Crippen LogP) is 12.0. The zero-order valence-electron chi connectivity index (χ0n) is 28.2. The van der Waals surface area contributed by atoms with E-state index in [9.17, 15) is 0 Å². The van der Waals surface area contributed by atoms with Crippen LogP contribution in [0.15, 0.2) is 84.9 Å². The summed E-state index contributed by atoms with van der Waals surface area (Å²) < 4.78 is 13.3. The molecule has 0 aromatic heterocycles. The van der Waals surface area contributed by atoms with Gasteiger partial charge in [-0.1, -0.05) is 113 Å². The van der Waals surface area contributed by atoms with E-state index in [0.29, 0.717) is 24.3 Å². The lowest BCUT2D eigenvalue weighted by molar-refractivity contribution is 0.307. The Balaban J connectivity index is 1.58. The van der Waals surface area contributed by atoms with Gasteiger partial charge in [0, 0.05) is 21.5 Å². The van der Waals surface area contributed by atoms with Crippen LogP contribution in [0.3, 0.4) is 0 Å². The summed E-state index contributed by atoms with van der Waals surface area (Å²) in [7, 11) is 0. The van der Waals surface area contributed by atoms with Crippen molar-refractivity contribution >= 4 is 45.8 Å². The molecule has 0 amide bonds. The van der Waals surface area contributed by atoms with Crippen LogP contribution in [0.5, 0.6) is 11.5 Å². The first-order valence-electron chi connectivity index (χ1n) is 17.3. The second-order valence-corrected chi connectivity index (χ2v) is 12.2. The molecule has 0 aliphatic carbocycles. The standard InChI is InChI=1S/C44H44N2O2/c1-3-5-7-9-27-47-43-39-25-23-36(18-12-34-15-21-38(32-46)22-16-34)30-42(39)44(48-28-10-8-6-4-2)40-26-24-35(29-41(40)43)17-11-33-13-19-37(31-45)20-14-33/h11-26,29-30H,3-10,27-28H2,1-2H3/b17-11+,18-12+. The maximum absolute atomic E-state index is 9.16. The second kappa shape index (κ2) is 17.6. The molecule has 0 radical (unpaired) electrons. The first kappa shape index (κ1) is 34.0. The SMILES string of the molecule is CCCCCCOc1c2ccc(/C=C/c3ccc(C#N)cc3)cc2c(OCCCCCC)c2ccc(/C=C/c3ccc(C#N)cc3)cc12. The van der Waals surface area contributed by atoms with Gasteiger partial charge in [0.05, 0.1) is 36.5 Å². The van der Waals surface area contributed by atoms with Gasteiger partial charge in [-0.05, 0) is 83.6 Å². The largest absolute Gasteiger partial charge is 0.492 e. The number of benzene rings is 5. The van der Waals surface area contributed by atoms with E-state index in [4.69, 9.17) is 20.0 Å². The molecule has 242 valence electrons. The molecule has 0 fully saturated rings. The average Bonchev–Trinajstić information content (AvgIpc) is 3.13. The lowest BCUT2D eigenvalue weighted by atomic mass is 9.96. The molecular weight excluding hydrogens is 588 g/mol. The normalized spacial score (nSPS) is 11.3. The monoisotopic (exact) mass is 632 g/mol. The summed E-state index contributed by atoms with van der Waals surface area (Å²) >= 11 is 0. The Hall–Kier alpha value is -5.32. The molecule has 0 atom stereocenters. The average molecular weight is 633 g/mol. The van der Waals surface area contributed by atoms with Crippen LogP contribution in [0.4, 0.5) is 0 Å². The molecule has 0 aliphatic heterocycles. The maximum atomic E-state index is 9.16. The van der Waals surface area contributed by atoms with Crippen molar-refractivity contribution in [3.05, 3.63) is 118 Å². The Morgan fingerprint density at radius 2 is 0.833 bits per heavy atom. The lowest BCUT2D eigenvalue weighted by Gasteiger charge is -2.19. The van der Waals surface area contributed by atoms with Crippen molar-refractivity contribution in [1.29, 1.82) is 10.5 Å². The van der Waals surface area contributed by atoms with Crippen LogP contribution in [0, 0.1) is 22.7 Å². The lowest BCUT2D eigenvalue weighted by Crippen LogP contribution is -2.03. The summed E-state index contributed by atoms with van der Waals surface area (Å²) in [5.41, 5.74) is 5.52. The Labute approximate surface area is 285 Å². The number of fused-ring (bicyclic) bond motifs is 2. The van der Waals surface area contributed by atoms with E-state index in [1.54, 1.807) is 0 Å². The molecule has 0 bridgehead atoms. The molecule has 48 heavy (non-hydrogen) atoms. The van der Waals surface area contributed by atoms with Crippen molar-refractivity contribution in [3.63, 3.8) is 0 Å². The zero-order valence-corrected chi connectivity index (χ0v) is 28.2. The molecule has 5 aromatic carbocycles. The highest BCUT2D eigenvalue weighted by molar-refractivity contribution is 6.12. The Morgan fingerprint density at radius 3 is 1.21 bits per heavy atom. The second-order valence-electron chi connectivity index (χ2n) is 12.2. The van der Waals surface area contributed by atoms with E-state index in [-0.39, 0.29) is 0 Å². The quantitative estimate of drug-likeness (QED) is 0.0616. The zero-order chi connectivity index (χ0) is 33.6. The van der Waals surface area contributed by atoms with Gasteiger partial charge in [-0.3, -0.25) is 0 Å². The van der Waals surface area contributed by atoms with Gasteiger partial charge in [-0.15, -0.1) is 0 Å². The van der Waals surface area contributed by atoms with Gasteiger partial charge in [-0.2, -0.15) is 10.5 Å². The Kier molecular flexibility index (Phi) is 12.4. The first-order chi connectivity index (χ1) is 23.6. The summed E-state index contributed by atoms with van der Waals surface area (Å²) in [5.74, 6) is 1.79. The first-order valence-corrected chi connectivity index (χ1v) is 17.3. The fourth-order valence-electron chi connectivity index (χ4n) is 5.83. The van der Waals surface area contributed by atoms with Gasteiger partial charge < -0.3 is 9.47 Å². The van der Waals surface area contributed by atoms with Crippen LogP contribution in [0.2, 0.25) is 0 Å². The van der Waals surface area contributed by atoms with E-state index >= 15 is 0 Å². The highest BCUT2D eigenvalue weighted by Gasteiger charge is 2.17. The van der Waals surface area contributed by atoms with Gasteiger partial charge in [0.15, 0.2) is 0 Å². The number of hydrogen-bond acceptors (Lipinski definition) is 4. The third-order valence-corrected chi connectivity index (χ3v) is 8.57. The van der Waals surface area contributed by atoms with Gasteiger partial charge in [-0.25, -0.2) is 0 Å². The number of ether oxygens (including phenoxy) is 2. The van der Waals surface area contributed by atoms with Crippen molar-refractivity contribution < 1.29 is 9.47 Å². The summed E-state index contributed by atoms with van der Waals surface area (Å²) in [6.45, 7) is 5.77. The van der Waals surface area contributed by atoms with Crippen molar-refractivity contribution in [3.8, 4) is 23.6 Å². The number of nitriles is 2. The number of nitrogens with zero attached hydrogens (tertiary/aromatic N) is 2.